The zero-order chi connectivity index (χ0) is 15.0. The molecule has 0 saturated heterocycles. The third-order valence-corrected chi connectivity index (χ3v) is 3.00. The Morgan fingerprint density at radius 1 is 1.25 bits per heavy atom. The van der Waals surface area contributed by atoms with E-state index < -0.39 is 5.60 Å². The standard InChI is InChI=1S/C17H27NO2/c1-14(13-18-16(19)20-17(2,3)4)9-8-12-15-10-6-5-7-11-15/h5-7,10-11,14H,8-9,12-13H2,1-4H3,(H,18,19). The van der Waals surface area contributed by atoms with Gasteiger partial charge in [0.1, 0.15) is 5.60 Å². The second kappa shape index (κ2) is 7.93. The summed E-state index contributed by atoms with van der Waals surface area (Å²) in [6.45, 7) is 8.44. The quantitative estimate of drug-likeness (QED) is 0.847. The molecular weight excluding hydrogens is 250 g/mol. The van der Waals surface area contributed by atoms with Crippen LogP contribution in [-0.4, -0.2) is 18.2 Å². The predicted octanol–water partition coefficient (Wildman–Crippen LogP) is 4.17. The fourth-order valence-corrected chi connectivity index (χ4v) is 1.97. The van der Waals surface area contributed by atoms with Crippen molar-refractivity contribution in [2.24, 2.45) is 5.92 Å². The number of hydrogen-bond acceptors (Lipinski definition) is 2. The molecule has 1 atom stereocenters. The Kier molecular flexibility index (Phi) is 6.56. The number of amides is 1. The zero-order valence-electron chi connectivity index (χ0n) is 13.1. The first-order valence-corrected chi connectivity index (χ1v) is 7.37. The van der Waals surface area contributed by atoms with Crippen molar-refractivity contribution in [2.75, 3.05) is 6.54 Å². The molecule has 1 N–H and O–H groups in total. The van der Waals surface area contributed by atoms with E-state index in [0.717, 1.165) is 19.3 Å². The molecule has 1 unspecified atom stereocenters. The van der Waals surface area contributed by atoms with E-state index in [2.05, 4.69) is 36.5 Å². The molecule has 20 heavy (non-hydrogen) atoms. The third kappa shape index (κ3) is 7.82. The summed E-state index contributed by atoms with van der Waals surface area (Å²) in [5.74, 6) is 0.464. The van der Waals surface area contributed by atoms with Gasteiger partial charge >= 0.3 is 6.09 Å². The van der Waals surface area contributed by atoms with Gasteiger partial charge in [-0.3, -0.25) is 0 Å². The third-order valence-electron chi connectivity index (χ3n) is 3.00. The number of rotatable bonds is 6. The minimum Gasteiger partial charge on any atom is -0.444 e. The monoisotopic (exact) mass is 277 g/mol. The molecule has 3 nitrogen and oxygen atoms in total. The van der Waals surface area contributed by atoms with Crippen LogP contribution in [0.1, 0.15) is 46.1 Å². The van der Waals surface area contributed by atoms with Crippen molar-refractivity contribution in [3.63, 3.8) is 0 Å². The van der Waals surface area contributed by atoms with Crippen molar-refractivity contribution in [3.05, 3.63) is 35.9 Å². The van der Waals surface area contributed by atoms with Gasteiger partial charge in [0.05, 0.1) is 0 Å². The molecule has 0 aliphatic heterocycles. The topological polar surface area (TPSA) is 38.3 Å². The average Bonchev–Trinajstić information content (AvgIpc) is 2.36. The average molecular weight is 277 g/mol. The van der Waals surface area contributed by atoms with Crippen LogP contribution in [0.3, 0.4) is 0 Å². The molecular formula is C17H27NO2. The van der Waals surface area contributed by atoms with E-state index in [0.29, 0.717) is 12.5 Å². The number of aryl methyl sites for hydroxylation is 1. The van der Waals surface area contributed by atoms with Gasteiger partial charge in [0.25, 0.3) is 0 Å². The lowest BCUT2D eigenvalue weighted by molar-refractivity contribution is 0.0519. The fraction of sp³-hybridized carbons (Fsp3) is 0.588. The zero-order valence-corrected chi connectivity index (χ0v) is 13.1. The van der Waals surface area contributed by atoms with E-state index in [1.807, 2.05) is 26.8 Å². The van der Waals surface area contributed by atoms with Crippen molar-refractivity contribution in [2.45, 2.75) is 52.6 Å². The molecule has 0 aromatic heterocycles. The summed E-state index contributed by atoms with van der Waals surface area (Å²) in [4.78, 5) is 11.5. The van der Waals surface area contributed by atoms with Crippen LogP contribution in [0.5, 0.6) is 0 Å². The van der Waals surface area contributed by atoms with Crippen LogP contribution in [0.15, 0.2) is 30.3 Å². The number of alkyl carbamates (subject to hydrolysis) is 1. The van der Waals surface area contributed by atoms with Gasteiger partial charge in [0.15, 0.2) is 0 Å². The van der Waals surface area contributed by atoms with Crippen LogP contribution in [0, 0.1) is 5.92 Å². The molecule has 3 heteroatoms. The Hall–Kier alpha value is -1.51. The summed E-state index contributed by atoms with van der Waals surface area (Å²) in [7, 11) is 0. The molecule has 0 radical (unpaired) electrons. The highest BCUT2D eigenvalue weighted by molar-refractivity contribution is 5.67. The lowest BCUT2D eigenvalue weighted by Gasteiger charge is -2.20. The summed E-state index contributed by atoms with van der Waals surface area (Å²) in [5.41, 5.74) is 0.945. The molecule has 112 valence electrons. The Balaban J connectivity index is 2.14. The number of ether oxygens (including phenoxy) is 1. The Labute approximate surface area is 122 Å². The molecule has 1 aromatic carbocycles. The van der Waals surface area contributed by atoms with Gasteiger partial charge < -0.3 is 10.1 Å². The highest BCUT2D eigenvalue weighted by Gasteiger charge is 2.16. The fourth-order valence-electron chi connectivity index (χ4n) is 1.97. The van der Waals surface area contributed by atoms with Gasteiger partial charge in [0, 0.05) is 6.54 Å². The first-order valence-electron chi connectivity index (χ1n) is 7.37. The maximum Gasteiger partial charge on any atom is 0.407 e. The molecule has 0 bridgehead atoms. The number of carbonyl (C=O) groups excluding carboxylic acids is 1. The number of nitrogens with one attached hydrogen (secondary N) is 1. The summed E-state index contributed by atoms with van der Waals surface area (Å²) in [6, 6.07) is 10.5. The number of benzene rings is 1. The van der Waals surface area contributed by atoms with E-state index >= 15 is 0 Å². The molecule has 0 spiro atoms. The molecule has 0 saturated carbocycles. The van der Waals surface area contributed by atoms with Crippen LogP contribution in [0.4, 0.5) is 4.79 Å². The minimum atomic E-state index is -0.430. The van der Waals surface area contributed by atoms with Crippen LogP contribution >= 0.6 is 0 Å². The van der Waals surface area contributed by atoms with Gasteiger partial charge in [-0.25, -0.2) is 4.79 Å². The van der Waals surface area contributed by atoms with Gasteiger partial charge in [-0.15, -0.1) is 0 Å². The SMILES string of the molecule is CC(CCCc1ccccc1)CNC(=O)OC(C)(C)C. The summed E-state index contributed by atoms with van der Waals surface area (Å²) in [5, 5.41) is 2.83. The molecule has 1 rings (SSSR count). The lowest BCUT2D eigenvalue weighted by Crippen LogP contribution is -2.34. The normalized spacial score (nSPS) is 12.8. The van der Waals surface area contributed by atoms with Crippen molar-refractivity contribution >= 4 is 6.09 Å². The van der Waals surface area contributed by atoms with Gasteiger partial charge in [-0.1, -0.05) is 37.3 Å². The van der Waals surface area contributed by atoms with Gasteiger partial charge in [-0.2, -0.15) is 0 Å². The molecule has 0 heterocycles. The second-order valence-corrected chi connectivity index (χ2v) is 6.37. The van der Waals surface area contributed by atoms with Crippen molar-refractivity contribution < 1.29 is 9.53 Å². The summed E-state index contributed by atoms with van der Waals surface area (Å²) in [6.07, 6.45) is 3.01. The number of hydrogen-bond donors (Lipinski definition) is 1. The van der Waals surface area contributed by atoms with E-state index in [-0.39, 0.29) is 6.09 Å². The predicted molar refractivity (Wildman–Crippen MR) is 82.8 cm³/mol. The second-order valence-electron chi connectivity index (χ2n) is 6.37. The molecule has 0 aliphatic rings. The van der Waals surface area contributed by atoms with E-state index in [9.17, 15) is 4.79 Å². The highest BCUT2D eigenvalue weighted by Crippen LogP contribution is 2.10. The largest absolute Gasteiger partial charge is 0.444 e. The maximum absolute atomic E-state index is 11.5. The van der Waals surface area contributed by atoms with Crippen LogP contribution in [-0.2, 0) is 11.2 Å². The Bertz CT molecular complexity index is 395. The van der Waals surface area contributed by atoms with Crippen molar-refractivity contribution in [1.82, 2.24) is 5.32 Å². The number of carbonyl (C=O) groups is 1. The maximum atomic E-state index is 11.5. The van der Waals surface area contributed by atoms with E-state index in [1.54, 1.807) is 0 Å². The van der Waals surface area contributed by atoms with Crippen LogP contribution in [0.25, 0.3) is 0 Å². The first-order chi connectivity index (χ1) is 9.37. The van der Waals surface area contributed by atoms with Crippen molar-refractivity contribution in [1.29, 1.82) is 0 Å². The highest BCUT2D eigenvalue weighted by atomic mass is 16.6. The lowest BCUT2D eigenvalue weighted by atomic mass is 10.0. The van der Waals surface area contributed by atoms with Crippen LogP contribution < -0.4 is 5.32 Å². The first kappa shape index (κ1) is 16.5. The Morgan fingerprint density at radius 2 is 1.90 bits per heavy atom. The molecule has 1 amide bonds. The molecule has 0 fully saturated rings. The smallest absolute Gasteiger partial charge is 0.407 e. The summed E-state index contributed by atoms with van der Waals surface area (Å²) >= 11 is 0. The van der Waals surface area contributed by atoms with Crippen molar-refractivity contribution in [3.8, 4) is 0 Å². The van der Waals surface area contributed by atoms with Gasteiger partial charge in [-0.05, 0) is 51.5 Å². The van der Waals surface area contributed by atoms with E-state index in [4.69, 9.17) is 4.74 Å². The molecule has 0 aliphatic carbocycles. The Morgan fingerprint density at radius 3 is 2.50 bits per heavy atom. The minimum absolute atomic E-state index is 0.326. The summed E-state index contributed by atoms with van der Waals surface area (Å²) < 4.78 is 5.21. The van der Waals surface area contributed by atoms with E-state index in [1.165, 1.54) is 5.56 Å². The van der Waals surface area contributed by atoms with Gasteiger partial charge in [0.2, 0.25) is 0 Å². The molecule has 1 aromatic rings. The van der Waals surface area contributed by atoms with Crippen LogP contribution in [0.2, 0.25) is 0 Å².